The Balaban J connectivity index is 1.67. The van der Waals surface area contributed by atoms with Crippen LogP contribution in [0.15, 0.2) is 89.9 Å². The zero-order chi connectivity index (χ0) is 19.3. The molecule has 0 aliphatic carbocycles. The maximum atomic E-state index is 13.1. The van der Waals surface area contributed by atoms with E-state index in [1.54, 1.807) is 4.90 Å². The maximum Gasteiger partial charge on any atom is 0.256 e. The predicted octanol–water partition coefficient (Wildman–Crippen LogP) is 4.38. The van der Waals surface area contributed by atoms with E-state index in [0.29, 0.717) is 11.3 Å². The number of nitrogens with one attached hydrogen (secondary N) is 1. The summed E-state index contributed by atoms with van der Waals surface area (Å²) in [6, 6.07) is 27.7. The number of likely N-dealkylation sites (N-methyl/N-ethyl adjacent to an activating group) is 1. The SMILES string of the molecule is CN1C(=O)c2ccccc2N=C(NCCc2ccccc2)C1c1ccccc1. The average molecular weight is 369 g/mol. The lowest BCUT2D eigenvalue weighted by atomic mass is 10.0. The van der Waals surface area contributed by atoms with E-state index >= 15 is 0 Å². The summed E-state index contributed by atoms with van der Waals surface area (Å²) in [5.41, 5.74) is 3.65. The number of hydrogen-bond acceptors (Lipinski definition) is 3. The lowest BCUT2D eigenvalue weighted by Crippen LogP contribution is -2.41. The van der Waals surface area contributed by atoms with Crippen molar-refractivity contribution in [3.05, 3.63) is 102 Å². The summed E-state index contributed by atoms with van der Waals surface area (Å²) in [6.07, 6.45) is 0.890. The first-order valence-electron chi connectivity index (χ1n) is 9.51. The maximum absolute atomic E-state index is 13.1. The first-order chi connectivity index (χ1) is 13.7. The summed E-state index contributed by atoms with van der Waals surface area (Å²) < 4.78 is 0. The molecular formula is C24H23N3O. The molecule has 0 radical (unpaired) electrons. The van der Waals surface area contributed by atoms with Gasteiger partial charge in [0.2, 0.25) is 0 Å². The van der Waals surface area contributed by atoms with Crippen LogP contribution in [0.4, 0.5) is 5.69 Å². The van der Waals surface area contributed by atoms with Crippen LogP contribution in [-0.4, -0.2) is 30.2 Å². The number of fused-ring (bicyclic) bond motifs is 1. The minimum absolute atomic E-state index is 0.0203. The standard InChI is InChI=1S/C24H23N3O/c1-27-22(19-12-6-3-7-13-19)23(25-17-16-18-10-4-2-5-11-18)26-21-15-9-8-14-20(21)24(27)28/h2-15,22H,16-17H2,1H3,(H,25,26). The second kappa shape index (κ2) is 8.09. The van der Waals surface area contributed by atoms with E-state index < -0.39 is 0 Å². The molecule has 4 heteroatoms. The van der Waals surface area contributed by atoms with Crippen LogP contribution in [-0.2, 0) is 6.42 Å². The topological polar surface area (TPSA) is 44.7 Å². The molecule has 1 unspecified atom stereocenters. The fourth-order valence-electron chi connectivity index (χ4n) is 3.57. The van der Waals surface area contributed by atoms with Crippen molar-refractivity contribution in [1.82, 2.24) is 10.2 Å². The van der Waals surface area contributed by atoms with Crippen molar-refractivity contribution < 1.29 is 4.79 Å². The van der Waals surface area contributed by atoms with E-state index in [1.807, 2.05) is 79.8 Å². The first-order valence-corrected chi connectivity index (χ1v) is 9.51. The molecular weight excluding hydrogens is 346 g/mol. The van der Waals surface area contributed by atoms with E-state index in [9.17, 15) is 4.79 Å². The van der Waals surface area contributed by atoms with Crippen LogP contribution in [0.5, 0.6) is 0 Å². The van der Waals surface area contributed by atoms with Gasteiger partial charge in [0.05, 0.1) is 11.3 Å². The molecule has 0 saturated carbocycles. The fourth-order valence-corrected chi connectivity index (χ4v) is 3.57. The lowest BCUT2D eigenvalue weighted by Gasteiger charge is -2.28. The number of rotatable bonds is 4. The first kappa shape index (κ1) is 18.0. The zero-order valence-corrected chi connectivity index (χ0v) is 15.9. The average Bonchev–Trinajstić information content (AvgIpc) is 2.84. The highest BCUT2D eigenvalue weighted by atomic mass is 16.2. The number of amides is 1. The van der Waals surface area contributed by atoms with Gasteiger partial charge in [0.25, 0.3) is 5.91 Å². The van der Waals surface area contributed by atoms with E-state index in [4.69, 9.17) is 4.99 Å². The summed E-state index contributed by atoms with van der Waals surface area (Å²) in [4.78, 5) is 19.7. The number of carbonyl (C=O) groups is 1. The third-order valence-corrected chi connectivity index (χ3v) is 5.02. The van der Waals surface area contributed by atoms with Gasteiger partial charge in [0, 0.05) is 13.6 Å². The number of amidine groups is 1. The van der Waals surface area contributed by atoms with Crippen LogP contribution >= 0.6 is 0 Å². The third-order valence-electron chi connectivity index (χ3n) is 5.02. The normalized spacial score (nSPS) is 16.2. The van der Waals surface area contributed by atoms with Gasteiger partial charge in [-0.15, -0.1) is 0 Å². The van der Waals surface area contributed by atoms with E-state index in [2.05, 4.69) is 17.4 Å². The van der Waals surface area contributed by atoms with Crippen molar-refractivity contribution >= 4 is 17.4 Å². The van der Waals surface area contributed by atoms with Crippen molar-refractivity contribution in [3.63, 3.8) is 0 Å². The third kappa shape index (κ3) is 3.67. The Morgan fingerprint density at radius 2 is 1.54 bits per heavy atom. The Hall–Kier alpha value is -3.40. The Labute approximate surface area is 165 Å². The molecule has 140 valence electrons. The van der Waals surface area contributed by atoms with Crippen molar-refractivity contribution in [2.75, 3.05) is 13.6 Å². The molecule has 0 fully saturated rings. The van der Waals surface area contributed by atoms with Crippen LogP contribution < -0.4 is 5.32 Å². The minimum atomic E-state index is -0.253. The molecule has 0 aromatic heterocycles. The highest BCUT2D eigenvalue weighted by molar-refractivity contribution is 6.06. The number of para-hydroxylation sites is 1. The van der Waals surface area contributed by atoms with Gasteiger partial charge in [-0.3, -0.25) is 4.79 Å². The molecule has 1 heterocycles. The highest BCUT2D eigenvalue weighted by Crippen LogP contribution is 2.31. The zero-order valence-electron chi connectivity index (χ0n) is 15.9. The number of hydrogen-bond donors (Lipinski definition) is 1. The Morgan fingerprint density at radius 1 is 0.893 bits per heavy atom. The summed E-state index contributed by atoms with van der Waals surface area (Å²) in [7, 11) is 1.84. The van der Waals surface area contributed by atoms with Gasteiger partial charge >= 0.3 is 0 Å². The summed E-state index contributed by atoms with van der Waals surface area (Å²) in [6.45, 7) is 0.746. The molecule has 3 aromatic carbocycles. The second-order valence-corrected chi connectivity index (χ2v) is 6.91. The van der Waals surface area contributed by atoms with Crippen LogP contribution in [0.3, 0.4) is 0 Å². The molecule has 1 amide bonds. The van der Waals surface area contributed by atoms with Gasteiger partial charge in [0.1, 0.15) is 11.9 Å². The van der Waals surface area contributed by atoms with Crippen molar-refractivity contribution in [2.45, 2.75) is 12.5 Å². The number of benzene rings is 3. The Bertz CT molecular complexity index is 983. The molecule has 1 aliphatic heterocycles. The fraction of sp³-hybridized carbons (Fsp3) is 0.167. The minimum Gasteiger partial charge on any atom is -0.371 e. The molecule has 0 bridgehead atoms. The van der Waals surface area contributed by atoms with Crippen molar-refractivity contribution in [1.29, 1.82) is 0 Å². The molecule has 0 spiro atoms. The van der Waals surface area contributed by atoms with Gasteiger partial charge in [-0.25, -0.2) is 4.99 Å². The molecule has 28 heavy (non-hydrogen) atoms. The number of nitrogens with zero attached hydrogens (tertiary/aromatic N) is 2. The van der Waals surface area contributed by atoms with Gasteiger partial charge in [-0.05, 0) is 29.7 Å². The highest BCUT2D eigenvalue weighted by Gasteiger charge is 2.31. The molecule has 1 atom stereocenters. The Morgan fingerprint density at radius 3 is 2.29 bits per heavy atom. The van der Waals surface area contributed by atoms with Crippen LogP contribution in [0, 0.1) is 0 Å². The molecule has 1 aliphatic rings. The summed E-state index contributed by atoms with van der Waals surface area (Å²) in [5.74, 6) is 0.774. The van der Waals surface area contributed by atoms with Crippen molar-refractivity contribution in [2.24, 2.45) is 4.99 Å². The lowest BCUT2D eigenvalue weighted by molar-refractivity contribution is 0.0771. The van der Waals surface area contributed by atoms with Gasteiger partial charge in [0.15, 0.2) is 0 Å². The second-order valence-electron chi connectivity index (χ2n) is 6.91. The molecule has 0 saturated heterocycles. The largest absolute Gasteiger partial charge is 0.371 e. The molecule has 4 rings (SSSR count). The van der Waals surface area contributed by atoms with Gasteiger partial charge in [-0.1, -0.05) is 72.8 Å². The van der Waals surface area contributed by atoms with Crippen LogP contribution in [0.25, 0.3) is 0 Å². The quantitative estimate of drug-likeness (QED) is 0.742. The van der Waals surface area contributed by atoms with E-state index in [0.717, 1.165) is 24.4 Å². The summed E-state index contributed by atoms with van der Waals surface area (Å²) in [5, 5.41) is 3.51. The molecule has 3 aromatic rings. The smallest absolute Gasteiger partial charge is 0.256 e. The summed E-state index contributed by atoms with van der Waals surface area (Å²) >= 11 is 0. The molecule has 1 N–H and O–H groups in total. The van der Waals surface area contributed by atoms with Gasteiger partial charge in [-0.2, -0.15) is 0 Å². The van der Waals surface area contributed by atoms with E-state index in [1.165, 1.54) is 5.56 Å². The van der Waals surface area contributed by atoms with E-state index in [-0.39, 0.29) is 11.9 Å². The van der Waals surface area contributed by atoms with Gasteiger partial charge < -0.3 is 10.2 Å². The van der Waals surface area contributed by atoms with Crippen molar-refractivity contribution in [3.8, 4) is 0 Å². The predicted molar refractivity (Wildman–Crippen MR) is 113 cm³/mol. The Kier molecular flexibility index (Phi) is 5.20. The molecule has 4 nitrogen and oxygen atoms in total. The monoisotopic (exact) mass is 369 g/mol. The van der Waals surface area contributed by atoms with Crippen LogP contribution in [0.1, 0.15) is 27.5 Å². The number of carbonyl (C=O) groups excluding carboxylic acids is 1. The van der Waals surface area contributed by atoms with Crippen LogP contribution in [0.2, 0.25) is 0 Å². The number of aliphatic imine (C=N–C) groups is 1.